The molecule has 0 atom stereocenters. The average molecular weight is 325 g/mol. The molecule has 1 heterocycles. The van der Waals surface area contributed by atoms with Crippen LogP contribution in [-0.4, -0.2) is 40.9 Å². The minimum atomic E-state index is -0.505. The summed E-state index contributed by atoms with van der Waals surface area (Å²) in [7, 11) is 0. The van der Waals surface area contributed by atoms with Crippen LogP contribution in [0.25, 0.3) is 0 Å². The molecule has 1 amide bonds. The summed E-state index contributed by atoms with van der Waals surface area (Å²) >= 11 is 0. The molecule has 1 aliphatic rings. The molecule has 1 N–H and O–H groups in total. The number of aliphatic hydroxyl groups is 1. The number of aliphatic hydroxyl groups excluding tert-OH is 1. The zero-order valence-electron chi connectivity index (χ0n) is 13.8. The molecule has 1 aromatic carbocycles. The van der Waals surface area contributed by atoms with Gasteiger partial charge in [-0.1, -0.05) is 0 Å². The molecule has 2 rings (SSSR count). The number of carbonyl (C=O) groups excluding carboxylic acids is 1. The number of ether oxygens (including phenoxy) is 2. The molecule has 5 nitrogen and oxygen atoms in total. The van der Waals surface area contributed by atoms with Gasteiger partial charge < -0.3 is 19.5 Å². The van der Waals surface area contributed by atoms with Crippen molar-refractivity contribution in [1.82, 2.24) is 4.90 Å². The summed E-state index contributed by atoms with van der Waals surface area (Å²) in [6.07, 6.45) is 0.960. The van der Waals surface area contributed by atoms with E-state index in [1.54, 1.807) is 4.90 Å². The van der Waals surface area contributed by atoms with Gasteiger partial charge in [0.1, 0.15) is 23.3 Å². The smallest absolute Gasteiger partial charge is 0.410 e. The molecule has 1 aromatic rings. The van der Waals surface area contributed by atoms with Crippen molar-refractivity contribution in [2.45, 2.75) is 51.9 Å². The highest BCUT2D eigenvalue weighted by molar-refractivity contribution is 5.68. The summed E-state index contributed by atoms with van der Waals surface area (Å²) in [5.74, 6) is 0.0887. The Labute approximate surface area is 136 Å². The lowest BCUT2D eigenvalue weighted by Crippen LogP contribution is -2.44. The largest absolute Gasteiger partial charge is 0.490 e. The second-order valence-electron chi connectivity index (χ2n) is 6.69. The second-order valence-corrected chi connectivity index (χ2v) is 6.69. The number of rotatable bonds is 3. The van der Waals surface area contributed by atoms with Gasteiger partial charge in [-0.15, -0.1) is 0 Å². The Morgan fingerprint density at radius 3 is 2.57 bits per heavy atom. The van der Waals surface area contributed by atoms with Crippen LogP contribution in [0.2, 0.25) is 0 Å². The van der Waals surface area contributed by atoms with E-state index in [1.807, 2.05) is 20.8 Å². The minimum Gasteiger partial charge on any atom is -0.490 e. The highest BCUT2D eigenvalue weighted by Crippen LogP contribution is 2.24. The number of hydrogen-bond donors (Lipinski definition) is 1. The molecule has 23 heavy (non-hydrogen) atoms. The van der Waals surface area contributed by atoms with E-state index in [2.05, 4.69) is 0 Å². The van der Waals surface area contributed by atoms with Gasteiger partial charge in [0.2, 0.25) is 0 Å². The molecule has 0 radical (unpaired) electrons. The van der Waals surface area contributed by atoms with Gasteiger partial charge in [-0.2, -0.15) is 0 Å². The Balaban J connectivity index is 1.89. The van der Waals surface area contributed by atoms with Crippen molar-refractivity contribution < 1.29 is 23.8 Å². The van der Waals surface area contributed by atoms with Crippen molar-refractivity contribution in [3.63, 3.8) is 0 Å². The number of nitrogens with zero attached hydrogens (tertiary/aromatic N) is 1. The lowest BCUT2D eigenvalue weighted by Gasteiger charge is -2.33. The number of likely N-dealkylation sites (tertiary alicyclic amines) is 1. The van der Waals surface area contributed by atoms with Crippen LogP contribution >= 0.6 is 0 Å². The van der Waals surface area contributed by atoms with Crippen LogP contribution in [-0.2, 0) is 11.3 Å². The van der Waals surface area contributed by atoms with Crippen molar-refractivity contribution >= 4 is 6.09 Å². The van der Waals surface area contributed by atoms with E-state index in [9.17, 15) is 14.3 Å². The fourth-order valence-electron chi connectivity index (χ4n) is 2.45. The highest BCUT2D eigenvalue weighted by Gasteiger charge is 2.27. The zero-order chi connectivity index (χ0) is 17.0. The lowest BCUT2D eigenvalue weighted by molar-refractivity contribution is 0.0125. The maximum absolute atomic E-state index is 13.2. The van der Waals surface area contributed by atoms with E-state index in [1.165, 1.54) is 18.2 Å². The SMILES string of the molecule is CC(C)(C)OC(=O)N1CCC(Oc2ccc(F)cc2CO)CC1. The standard InChI is InChI=1S/C17H24FNO4/c1-17(2,3)23-16(21)19-8-6-14(7-9-19)22-15-5-4-13(18)10-12(15)11-20/h4-5,10,14,20H,6-9,11H2,1-3H3. The first kappa shape index (κ1) is 17.5. The van der Waals surface area contributed by atoms with E-state index in [-0.39, 0.29) is 18.8 Å². The van der Waals surface area contributed by atoms with Crippen LogP contribution in [0, 0.1) is 5.82 Å². The van der Waals surface area contributed by atoms with E-state index in [0.717, 1.165) is 0 Å². The molecule has 1 fully saturated rings. The Kier molecular flexibility index (Phi) is 5.46. The van der Waals surface area contributed by atoms with E-state index >= 15 is 0 Å². The van der Waals surface area contributed by atoms with Gasteiger partial charge in [-0.3, -0.25) is 0 Å². The van der Waals surface area contributed by atoms with Crippen molar-refractivity contribution in [3.05, 3.63) is 29.6 Å². The van der Waals surface area contributed by atoms with Gasteiger partial charge >= 0.3 is 6.09 Å². The highest BCUT2D eigenvalue weighted by atomic mass is 19.1. The maximum Gasteiger partial charge on any atom is 0.410 e. The summed E-state index contributed by atoms with van der Waals surface area (Å²) in [4.78, 5) is 13.7. The van der Waals surface area contributed by atoms with Crippen LogP contribution < -0.4 is 4.74 Å². The summed E-state index contributed by atoms with van der Waals surface area (Å²) in [6.45, 7) is 6.34. The third-order valence-electron chi connectivity index (χ3n) is 3.58. The zero-order valence-corrected chi connectivity index (χ0v) is 13.8. The molecule has 6 heteroatoms. The van der Waals surface area contributed by atoms with Gasteiger partial charge in [-0.25, -0.2) is 9.18 Å². The average Bonchev–Trinajstić information content (AvgIpc) is 2.48. The number of hydrogen-bond acceptors (Lipinski definition) is 4. The van der Waals surface area contributed by atoms with Crippen LogP contribution in [0.1, 0.15) is 39.2 Å². The van der Waals surface area contributed by atoms with Crippen molar-refractivity contribution in [3.8, 4) is 5.75 Å². The first-order valence-corrected chi connectivity index (χ1v) is 7.82. The Morgan fingerprint density at radius 2 is 2.00 bits per heavy atom. The normalized spacial score (nSPS) is 16.3. The molecule has 1 aliphatic heterocycles. The van der Waals surface area contributed by atoms with Gasteiger partial charge in [0.25, 0.3) is 0 Å². The van der Waals surface area contributed by atoms with Crippen LogP contribution in [0.3, 0.4) is 0 Å². The molecule has 0 aromatic heterocycles. The fourth-order valence-corrected chi connectivity index (χ4v) is 2.45. The van der Waals surface area contributed by atoms with Crippen molar-refractivity contribution in [2.24, 2.45) is 0 Å². The van der Waals surface area contributed by atoms with Gasteiger partial charge in [-0.05, 0) is 39.0 Å². The first-order valence-electron chi connectivity index (χ1n) is 7.82. The lowest BCUT2D eigenvalue weighted by atomic mass is 10.1. The number of amides is 1. The summed E-state index contributed by atoms with van der Waals surface area (Å²) in [5, 5.41) is 9.28. The van der Waals surface area contributed by atoms with E-state index in [0.29, 0.717) is 37.2 Å². The quantitative estimate of drug-likeness (QED) is 0.928. The number of halogens is 1. The van der Waals surface area contributed by atoms with Gasteiger partial charge in [0.15, 0.2) is 0 Å². The number of piperidine rings is 1. The van der Waals surface area contributed by atoms with Crippen LogP contribution in [0.4, 0.5) is 9.18 Å². The van der Waals surface area contributed by atoms with Gasteiger partial charge in [0.05, 0.1) is 6.61 Å². The van der Waals surface area contributed by atoms with Crippen molar-refractivity contribution in [2.75, 3.05) is 13.1 Å². The molecule has 0 bridgehead atoms. The predicted octanol–water partition coefficient (Wildman–Crippen LogP) is 3.10. The topological polar surface area (TPSA) is 59.0 Å². The predicted molar refractivity (Wildman–Crippen MR) is 83.8 cm³/mol. The van der Waals surface area contributed by atoms with E-state index in [4.69, 9.17) is 9.47 Å². The molecule has 128 valence electrons. The molecule has 0 unspecified atom stereocenters. The Morgan fingerprint density at radius 1 is 1.35 bits per heavy atom. The Bertz CT molecular complexity index is 548. The minimum absolute atomic E-state index is 0.0653. The maximum atomic E-state index is 13.2. The van der Waals surface area contributed by atoms with E-state index < -0.39 is 11.4 Å². The second kappa shape index (κ2) is 7.17. The molecule has 0 aliphatic carbocycles. The molecular weight excluding hydrogens is 301 g/mol. The monoisotopic (exact) mass is 325 g/mol. The summed E-state index contributed by atoms with van der Waals surface area (Å²) < 4.78 is 24.4. The summed E-state index contributed by atoms with van der Waals surface area (Å²) in [5.41, 5.74) is -0.0752. The third-order valence-corrected chi connectivity index (χ3v) is 3.58. The number of benzene rings is 1. The third kappa shape index (κ3) is 5.10. The number of carbonyl (C=O) groups is 1. The van der Waals surface area contributed by atoms with Crippen LogP contribution in [0.15, 0.2) is 18.2 Å². The molecule has 1 saturated heterocycles. The Hall–Kier alpha value is -1.82. The van der Waals surface area contributed by atoms with Crippen LogP contribution in [0.5, 0.6) is 5.75 Å². The fraction of sp³-hybridized carbons (Fsp3) is 0.588. The van der Waals surface area contributed by atoms with Gasteiger partial charge in [0, 0.05) is 31.5 Å². The summed E-state index contributed by atoms with van der Waals surface area (Å²) in [6, 6.07) is 4.11. The molecular formula is C17H24FNO4. The first-order chi connectivity index (χ1) is 10.8. The molecule has 0 saturated carbocycles. The van der Waals surface area contributed by atoms with Crippen molar-refractivity contribution in [1.29, 1.82) is 0 Å². The molecule has 0 spiro atoms.